The number of halogens is 4. The van der Waals surface area contributed by atoms with Crippen molar-refractivity contribution in [3.63, 3.8) is 0 Å². The Balaban J connectivity index is 1.51. The zero-order valence-corrected chi connectivity index (χ0v) is 18.5. The Labute approximate surface area is 198 Å². The predicted molar refractivity (Wildman–Crippen MR) is 114 cm³/mol. The van der Waals surface area contributed by atoms with Gasteiger partial charge in [0.1, 0.15) is 12.1 Å². The molecule has 3 N–H and O–H groups in total. The van der Waals surface area contributed by atoms with E-state index in [1.807, 2.05) is 0 Å². The van der Waals surface area contributed by atoms with Crippen LogP contribution in [-0.4, -0.2) is 79.4 Å². The number of amides is 2. The second-order valence-electron chi connectivity index (χ2n) is 8.68. The first-order chi connectivity index (χ1) is 16.5. The fraction of sp³-hybridized carbons (Fsp3) is 0.500. The number of nitrogens with two attached hydrogens (primary N) is 1. The molecule has 0 radical (unpaired) electrons. The van der Waals surface area contributed by atoms with Crippen LogP contribution in [0.2, 0.25) is 0 Å². The topological polar surface area (TPSA) is 126 Å². The second kappa shape index (κ2) is 9.82. The van der Waals surface area contributed by atoms with Crippen molar-refractivity contribution in [2.45, 2.75) is 56.3 Å². The lowest BCUT2D eigenvalue weighted by Crippen LogP contribution is -2.54. The lowest BCUT2D eigenvalue weighted by molar-refractivity contribution is -0.162. The molecule has 0 spiro atoms. The van der Waals surface area contributed by atoms with Gasteiger partial charge in [0.15, 0.2) is 12.1 Å². The summed E-state index contributed by atoms with van der Waals surface area (Å²) in [5.41, 5.74) is 6.51. The van der Waals surface area contributed by atoms with Crippen LogP contribution in [0.3, 0.4) is 0 Å². The van der Waals surface area contributed by atoms with Gasteiger partial charge in [-0.05, 0) is 18.6 Å². The van der Waals surface area contributed by atoms with Gasteiger partial charge in [0.05, 0.1) is 12.2 Å². The molecule has 2 aliphatic heterocycles. The van der Waals surface area contributed by atoms with Crippen LogP contribution in [0.25, 0.3) is 11.4 Å². The lowest BCUT2D eigenvalue weighted by atomic mass is 9.93. The number of aliphatic hydroxyl groups excluding tert-OH is 1. The Morgan fingerprint density at radius 1 is 1.29 bits per heavy atom. The molecule has 1 fully saturated rings. The third kappa shape index (κ3) is 5.40. The van der Waals surface area contributed by atoms with Crippen molar-refractivity contribution >= 4 is 11.8 Å². The maximum absolute atomic E-state index is 13.8. The van der Waals surface area contributed by atoms with Gasteiger partial charge in [0.2, 0.25) is 11.8 Å². The van der Waals surface area contributed by atoms with Crippen LogP contribution in [0.15, 0.2) is 30.7 Å². The minimum atomic E-state index is -4.64. The number of aliphatic hydroxyl groups is 1. The van der Waals surface area contributed by atoms with Crippen molar-refractivity contribution in [2.75, 3.05) is 13.1 Å². The number of pyridine rings is 1. The number of hydrogen-bond acceptors (Lipinski definition) is 7. The summed E-state index contributed by atoms with van der Waals surface area (Å²) in [5.74, 6) is -2.94. The Morgan fingerprint density at radius 2 is 2.00 bits per heavy atom. The van der Waals surface area contributed by atoms with Gasteiger partial charge < -0.3 is 20.6 Å². The van der Waals surface area contributed by atoms with Crippen LogP contribution in [0, 0.1) is 0 Å². The molecule has 4 atom stereocenters. The number of hydrogen-bond donors (Lipinski definition) is 2. The third-order valence-corrected chi connectivity index (χ3v) is 6.17. The summed E-state index contributed by atoms with van der Waals surface area (Å²) >= 11 is 0. The highest BCUT2D eigenvalue weighted by Crippen LogP contribution is 2.40. The predicted octanol–water partition coefficient (Wildman–Crippen LogP) is 1.52. The number of carbonyl (C=O) groups is 2. The van der Waals surface area contributed by atoms with Gasteiger partial charge >= 0.3 is 6.18 Å². The molecule has 35 heavy (non-hydrogen) atoms. The van der Waals surface area contributed by atoms with Crippen LogP contribution < -0.4 is 5.73 Å². The standard InChI is InChI=1S/C22H24F4N6O3/c23-16-1-2-18(33)32(21(16)35)9-13(27)7-19(34)31-10-15(22(24,25)26)14-8-29-20(30-17(14)11-31)12-3-5-28-6-4-12/h3-6,8,13,15-16,21,35H,1-2,7,9-11,27H2/t13-,15?,16?,21?/m0/s1. The number of alkyl halides is 4. The Morgan fingerprint density at radius 3 is 2.69 bits per heavy atom. The van der Waals surface area contributed by atoms with E-state index in [2.05, 4.69) is 15.0 Å². The largest absolute Gasteiger partial charge is 0.397 e. The van der Waals surface area contributed by atoms with Crippen molar-refractivity contribution in [1.82, 2.24) is 24.8 Å². The van der Waals surface area contributed by atoms with Gasteiger partial charge in [-0.3, -0.25) is 14.6 Å². The summed E-state index contributed by atoms with van der Waals surface area (Å²) in [7, 11) is 0. The quantitative estimate of drug-likeness (QED) is 0.602. The molecule has 13 heteroatoms. The molecule has 0 aliphatic carbocycles. The maximum Gasteiger partial charge on any atom is 0.397 e. The molecule has 2 aliphatic rings. The first-order valence-electron chi connectivity index (χ1n) is 11.0. The van der Waals surface area contributed by atoms with Crippen molar-refractivity contribution in [1.29, 1.82) is 0 Å². The Kier molecular flexibility index (Phi) is 6.99. The molecule has 2 aromatic heterocycles. The summed E-state index contributed by atoms with van der Waals surface area (Å²) in [5, 5.41) is 9.93. The molecule has 2 aromatic rings. The molecule has 3 unspecified atom stereocenters. The van der Waals surface area contributed by atoms with Crippen LogP contribution in [0.1, 0.15) is 36.4 Å². The van der Waals surface area contributed by atoms with Gasteiger partial charge in [-0.25, -0.2) is 14.4 Å². The van der Waals surface area contributed by atoms with Gasteiger partial charge in [0.25, 0.3) is 0 Å². The molecular weight excluding hydrogens is 472 g/mol. The minimum Gasteiger partial charge on any atom is -0.370 e. The van der Waals surface area contributed by atoms with E-state index in [1.165, 1.54) is 12.4 Å². The van der Waals surface area contributed by atoms with Crippen LogP contribution in [0.4, 0.5) is 17.6 Å². The molecular formula is C22H24F4N6O3. The van der Waals surface area contributed by atoms with E-state index in [9.17, 15) is 32.3 Å². The van der Waals surface area contributed by atoms with E-state index >= 15 is 0 Å². The number of nitrogens with zero attached hydrogens (tertiary/aromatic N) is 5. The van der Waals surface area contributed by atoms with Gasteiger partial charge in [-0.15, -0.1) is 0 Å². The van der Waals surface area contributed by atoms with Crippen LogP contribution in [-0.2, 0) is 16.1 Å². The highest BCUT2D eigenvalue weighted by atomic mass is 19.4. The summed E-state index contributed by atoms with van der Waals surface area (Å²) in [6, 6.07) is 2.23. The summed E-state index contributed by atoms with van der Waals surface area (Å²) in [6.45, 7) is -1.10. The number of rotatable bonds is 5. The van der Waals surface area contributed by atoms with Gasteiger partial charge in [-0.2, -0.15) is 13.2 Å². The van der Waals surface area contributed by atoms with Gasteiger partial charge in [0, 0.05) is 61.7 Å². The first kappa shape index (κ1) is 24.9. The number of aromatic nitrogens is 3. The van der Waals surface area contributed by atoms with E-state index in [4.69, 9.17) is 5.73 Å². The highest BCUT2D eigenvalue weighted by Gasteiger charge is 2.46. The van der Waals surface area contributed by atoms with E-state index < -0.39 is 55.3 Å². The molecule has 0 aromatic carbocycles. The average molecular weight is 496 g/mol. The van der Waals surface area contributed by atoms with Crippen molar-refractivity contribution < 1.29 is 32.3 Å². The first-order valence-corrected chi connectivity index (χ1v) is 11.0. The smallest absolute Gasteiger partial charge is 0.370 e. The van der Waals surface area contributed by atoms with E-state index in [1.54, 1.807) is 12.1 Å². The number of carbonyl (C=O) groups excluding carboxylic acids is 2. The van der Waals surface area contributed by atoms with Crippen molar-refractivity contribution in [3.05, 3.63) is 42.0 Å². The van der Waals surface area contributed by atoms with Crippen LogP contribution >= 0.6 is 0 Å². The molecule has 4 heterocycles. The SMILES string of the molecule is N[C@@H](CC(=O)N1Cc2nc(-c3ccncc3)ncc2C(C(F)(F)F)C1)CN1C(=O)CCC(F)C1O. The number of piperidine rings is 1. The zero-order valence-electron chi connectivity index (χ0n) is 18.5. The Hall–Kier alpha value is -3.19. The molecule has 0 saturated carbocycles. The molecule has 2 amide bonds. The van der Waals surface area contributed by atoms with Gasteiger partial charge in [-0.1, -0.05) is 0 Å². The van der Waals surface area contributed by atoms with Crippen LogP contribution in [0.5, 0.6) is 0 Å². The molecule has 188 valence electrons. The van der Waals surface area contributed by atoms with E-state index in [-0.39, 0.29) is 43.0 Å². The maximum atomic E-state index is 13.8. The summed E-state index contributed by atoms with van der Waals surface area (Å²) in [4.78, 5) is 39.1. The lowest BCUT2D eigenvalue weighted by Gasteiger charge is -2.37. The molecule has 9 nitrogen and oxygen atoms in total. The number of likely N-dealkylation sites (tertiary alicyclic amines) is 1. The second-order valence-corrected chi connectivity index (χ2v) is 8.68. The minimum absolute atomic E-state index is 0.0733. The highest BCUT2D eigenvalue weighted by molar-refractivity contribution is 5.79. The third-order valence-electron chi connectivity index (χ3n) is 6.17. The summed E-state index contributed by atoms with van der Waals surface area (Å²) in [6.07, 6.45) is -4.40. The monoisotopic (exact) mass is 496 g/mol. The number of fused-ring (bicyclic) bond motifs is 1. The fourth-order valence-corrected chi connectivity index (χ4v) is 4.30. The Bertz CT molecular complexity index is 1090. The van der Waals surface area contributed by atoms with Crippen molar-refractivity contribution in [3.8, 4) is 11.4 Å². The van der Waals surface area contributed by atoms with Crippen molar-refractivity contribution in [2.24, 2.45) is 5.73 Å². The zero-order chi connectivity index (χ0) is 25.3. The fourth-order valence-electron chi connectivity index (χ4n) is 4.30. The molecule has 0 bridgehead atoms. The average Bonchev–Trinajstić information content (AvgIpc) is 2.83. The molecule has 1 saturated heterocycles. The molecule has 4 rings (SSSR count). The normalized spacial score (nSPS) is 23.7. The summed E-state index contributed by atoms with van der Waals surface area (Å²) < 4.78 is 55.3. The van der Waals surface area contributed by atoms with E-state index in [0.717, 1.165) is 16.0 Å². The van der Waals surface area contributed by atoms with E-state index in [0.29, 0.717) is 5.56 Å².